The van der Waals surface area contributed by atoms with Crippen molar-refractivity contribution in [1.29, 1.82) is 0 Å². The van der Waals surface area contributed by atoms with E-state index in [2.05, 4.69) is 24.2 Å². The highest BCUT2D eigenvalue weighted by atomic mass is 15.2. The Morgan fingerprint density at radius 2 is 2.00 bits per heavy atom. The van der Waals surface area contributed by atoms with Crippen molar-refractivity contribution >= 4 is 0 Å². The molecule has 1 saturated heterocycles. The minimum absolute atomic E-state index is 0.808. The van der Waals surface area contributed by atoms with E-state index in [-0.39, 0.29) is 0 Å². The minimum atomic E-state index is 0.808. The standard InChI is InChI=1S/C13H26N2/c1-3-11-6-4-5-7-13(11)15(2)12-8-9-14-10-12/h11-14H,3-10H2,1-2H3. The molecule has 0 radical (unpaired) electrons. The van der Waals surface area contributed by atoms with E-state index in [4.69, 9.17) is 0 Å². The summed E-state index contributed by atoms with van der Waals surface area (Å²) in [5.41, 5.74) is 0. The summed E-state index contributed by atoms with van der Waals surface area (Å²) in [4.78, 5) is 2.69. The zero-order valence-electron chi connectivity index (χ0n) is 10.3. The Labute approximate surface area is 94.4 Å². The van der Waals surface area contributed by atoms with Crippen molar-refractivity contribution in [2.45, 2.75) is 57.5 Å². The molecule has 1 aliphatic carbocycles. The molecular formula is C13H26N2. The summed E-state index contributed by atoms with van der Waals surface area (Å²) in [5, 5.41) is 3.48. The van der Waals surface area contributed by atoms with E-state index in [1.165, 1.54) is 51.6 Å². The molecule has 2 aliphatic rings. The third-order valence-corrected chi connectivity index (χ3v) is 4.53. The molecule has 0 bridgehead atoms. The second-order valence-corrected chi connectivity index (χ2v) is 5.33. The van der Waals surface area contributed by atoms with E-state index in [9.17, 15) is 0 Å². The van der Waals surface area contributed by atoms with E-state index in [0.29, 0.717) is 0 Å². The summed E-state index contributed by atoms with van der Waals surface area (Å²) < 4.78 is 0. The molecule has 0 amide bonds. The second-order valence-electron chi connectivity index (χ2n) is 5.33. The fraction of sp³-hybridized carbons (Fsp3) is 1.00. The highest BCUT2D eigenvalue weighted by Gasteiger charge is 2.31. The molecule has 15 heavy (non-hydrogen) atoms. The Bertz CT molecular complexity index is 187. The van der Waals surface area contributed by atoms with Crippen molar-refractivity contribution in [2.24, 2.45) is 5.92 Å². The van der Waals surface area contributed by atoms with Gasteiger partial charge >= 0.3 is 0 Å². The molecule has 2 heteroatoms. The maximum absolute atomic E-state index is 3.48. The lowest BCUT2D eigenvalue weighted by molar-refractivity contribution is 0.0936. The predicted octanol–water partition coefficient (Wildman–Crippen LogP) is 2.25. The number of nitrogens with one attached hydrogen (secondary N) is 1. The fourth-order valence-corrected chi connectivity index (χ4v) is 3.46. The average molecular weight is 210 g/mol. The first kappa shape index (κ1) is 11.4. The summed E-state index contributed by atoms with van der Waals surface area (Å²) in [6.45, 7) is 4.80. The van der Waals surface area contributed by atoms with Gasteiger partial charge in [0.15, 0.2) is 0 Å². The monoisotopic (exact) mass is 210 g/mol. The van der Waals surface area contributed by atoms with Gasteiger partial charge in [-0.2, -0.15) is 0 Å². The van der Waals surface area contributed by atoms with Gasteiger partial charge in [-0.1, -0.05) is 26.2 Å². The van der Waals surface area contributed by atoms with Crippen LogP contribution in [0.1, 0.15) is 45.4 Å². The van der Waals surface area contributed by atoms with Crippen LogP contribution in [0.25, 0.3) is 0 Å². The van der Waals surface area contributed by atoms with Crippen LogP contribution >= 0.6 is 0 Å². The fourth-order valence-electron chi connectivity index (χ4n) is 3.46. The third kappa shape index (κ3) is 2.54. The van der Waals surface area contributed by atoms with Crippen LogP contribution in [0.4, 0.5) is 0 Å². The van der Waals surface area contributed by atoms with E-state index in [0.717, 1.165) is 18.0 Å². The first-order valence-corrected chi connectivity index (χ1v) is 6.75. The van der Waals surface area contributed by atoms with Crippen molar-refractivity contribution in [1.82, 2.24) is 10.2 Å². The normalized spacial score (nSPS) is 37.4. The smallest absolute Gasteiger partial charge is 0.0232 e. The molecule has 88 valence electrons. The summed E-state index contributed by atoms with van der Waals surface area (Å²) in [5.74, 6) is 0.962. The molecule has 3 atom stereocenters. The highest BCUT2D eigenvalue weighted by Crippen LogP contribution is 2.31. The minimum Gasteiger partial charge on any atom is -0.315 e. The van der Waals surface area contributed by atoms with Crippen LogP contribution in [0.2, 0.25) is 0 Å². The largest absolute Gasteiger partial charge is 0.315 e. The molecule has 3 unspecified atom stereocenters. The van der Waals surface area contributed by atoms with E-state index in [1.807, 2.05) is 0 Å². The molecule has 0 spiro atoms. The van der Waals surface area contributed by atoms with Crippen LogP contribution in [0.3, 0.4) is 0 Å². The number of hydrogen-bond donors (Lipinski definition) is 1. The van der Waals surface area contributed by atoms with Crippen molar-refractivity contribution in [3.05, 3.63) is 0 Å². The topological polar surface area (TPSA) is 15.3 Å². The third-order valence-electron chi connectivity index (χ3n) is 4.53. The molecule has 1 saturated carbocycles. The van der Waals surface area contributed by atoms with Gasteiger partial charge in [0.05, 0.1) is 0 Å². The maximum Gasteiger partial charge on any atom is 0.0232 e. The van der Waals surface area contributed by atoms with Gasteiger partial charge in [0.25, 0.3) is 0 Å². The second kappa shape index (κ2) is 5.31. The van der Waals surface area contributed by atoms with Gasteiger partial charge in [-0.15, -0.1) is 0 Å². The number of likely N-dealkylation sites (N-methyl/N-ethyl adjacent to an activating group) is 1. The van der Waals surface area contributed by atoms with Crippen LogP contribution in [0.5, 0.6) is 0 Å². The molecule has 1 N–H and O–H groups in total. The van der Waals surface area contributed by atoms with Gasteiger partial charge < -0.3 is 5.32 Å². The van der Waals surface area contributed by atoms with Crippen molar-refractivity contribution in [3.8, 4) is 0 Å². The molecule has 2 nitrogen and oxygen atoms in total. The molecule has 0 aromatic rings. The Kier molecular flexibility index (Phi) is 4.04. The SMILES string of the molecule is CCC1CCCCC1N(C)C1CCNC1. The highest BCUT2D eigenvalue weighted by molar-refractivity contribution is 4.88. The number of hydrogen-bond acceptors (Lipinski definition) is 2. The number of nitrogens with zero attached hydrogens (tertiary/aromatic N) is 1. The lowest BCUT2D eigenvalue weighted by Gasteiger charge is -2.40. The summed E-state index contributed by atoms with van der Waals surface area (Å²) >= 11 is 0. The zero-order chi connectivity index (χ0) is 10.7. The summed E-state index contributed by atoms with van der Waals surface area (Å²) in [6.07, 6.45) is 8.53. The maximum atomic E-state index is 3.48. The van der Waals surface area contributed by atoms with E-state index < -0.39 is 0 Å². The first-order valence-electron chi connectivity index (χ1n) is 6.75. The molecule has 1 aliphatic heterocycles. The average Bonchev–Trinajstić information content (AvgIpc) is 2.81. The Morgan fingerprint density at radius 1 is 1.20 bits per heavy atom. The molecule has 2 fully saturated rings. The van der Waals surface area contributed by atoms with Crippen molar-refractivity contribution < 1.29 is 0 Å². The molecule has 0 aromatic heterocycles. The summed E-state index contributed by atoms with van der Waals surface area (Å²) in [6, 6.07) is 1.68. The molecule has 2 rings (SSSR count). The van der Waals surface area contributed by atoms with Crippen molar-refractivity contribution in [3.63, 3.8) is 0 Å². The lowest BCUT2D eigenvalue weighted by Crippen LogP contribution is -2.46. The first-order chi connectivity index (χ1) is 7.33. The van der Waals surface area contributed by atoms with Crippen LogP contribution in [0.15, 0.2) is 0 Å². The van der Waals surface area contributed by atoms with Gasteiger partial charge in [-0.25, -0.2) is 0 Å². The molecular weight excluding hydrogens is 184 g/mol. The van der Waals surface area contributed by atoms with Crippen LogP contribution < -0.4 is 5.32 Å². The van der Waals surface area contributed by atoms with E-state index >= 15 is 0 Å². The van der Waals surface area contributed by atoms with Crippen LogP contribution in [-0.2, 0) is 0 Å². The Hall–Kier alpha value is -0.0800. The molecule has 0 aromatic carbocycles. The van der Waals surface area contributed by atoms with Crippen molar-refractivity contribution in [2.75, 3.05) is 20.1 Å². The van der Waals surface area contributed by atoms with E-state index in [1.54, 1.807) is 0 Å². The summed E-state index contributed by atoms with van der Waals surface area (Å²) in [7, 11) is 2.36. The zero-order valence-corrected chi connectivity index (χ0v) is 10.3. The van der Waals surface area contributed by atoms with Crippen LogP contribution in [-0.4, -0.2) is 37.1 Å². The predicted molar refractivity (Wildman–Crippen MR) is 65.1 cm³/mol. The van der Waals surface area contributed by atoms with Crippen LogP contribution in [0, 0.1) is 5.92 Å². The van der Waals surface area contributed by atoms with Gasteiger partial charge in [-0.3, -0.25) is 4.90 Å². The quantitative estimate of drug-likeness (QED) is 0.768. The van der Waals surface area contributed by atoms with Gasteiger partial charge in [0.2, 0.25) is 0 Å². The lowest BCUT2D eigenvalue weighted by atomic mass is 9.81. The van der Waals surface area contributed by atoms with Gasteiger partial charge in [0, 0.05) is 18.6 Å². The molecule has 1 heterocycles. The van der Waals surface area contributed by atoms with Gasteiger partial charge in [-0.05, 0) is 38.8 Å². The Morgan fingerprint density at radius 3 is 2.67 bits per heavy atom. The number of rotatable bonds is 3. The van der Waals surface area contributed by atoms with Gasteiger partial charge in [0.1, 0.15) is 0 Å². The Balaban J connectivity index is 1.93.